The predicted octanol–water partition coefficient (Wildman–Crippen LogP) is 2.60. The average molecular weight is 332 g/mol. The molecule has 1 aliphatic carbocycles. The largest absolute Gasteiger partial charge is 0.497 e. The SMILES string of the molecule is COc1ccc2sc(C(=O)N[C@H]3CCC[C@H]3C(N)=O)c(C)c2c1. The third kappa shape index (κ3) is 2.91. The Bertz CT molecular complexity index is 769. The van der Waals surface area contributed by atoms with Gasteiger partial charge in [-0.3, -0.25) is 9.59 Å². The summed E-state index contributed by atoms with van der Waals surface area (Å²) in [6, 6.07) is 5.64. The molecular weight excluding hydrogens is 312 g/mol. The third-order valence-electron chi connectivity index (χ3n) is 4.55. The molecule has 5 nitrogen and oxygen atoms in total. The molecule has 3 rings (SSSR count). The van der Waals surface area contributed by atoms with Crippen molar-refractivity contribution in [1.82, 2.24) is 5.32 Å². The molecular formula is C17H20N2O3S. The van der Waals surface area contributed by atoms with Gasteiger partial charge in [0.1, 0.15) is 5.75 Å². The molecule has 6 heteroatoms. The normalized spacial score (nSPS) is 20.6. The molecule has 1 fully saturated rings. The quantitative estimate of drug-likeness (QED) is 0.903. The van der Waals surface area contributed by atoms with Crippen molar-refractivity contribution in [1.29, 1.82) is 0 Å². The Labute approximate surface area is 138 Å². The van der Waals surface area contributed by atoms with Crippen LogP contribution in [-0.2, 0) is 4.79 Å². The van der Waals surface area contributed by atoms with Gasteiger partial charge in [-0.1, -0.05) is 6.42 Å². The van der Waals surface area contributed by atoms with E-state index in [1.807, 2.05) is 25.1 Å². The number of carbonyl (C=O) groups excluding carboxylic acids is 2. The summed E-state index contributed by atoms with van der Waals surface area (Å²) < 4.78 is 6.30. The molecule has 1 aromatic heterocycles. The van der Waals surface area contributed by atoms with Gasteiger partial charge >= 0.3 is 0 Å². The molecule has 2 atom stereocenters. The van der Waals surface area contributed by atoms with Gasteiger partial charge in [-0.2, -0.15) is 0 Å². The highest BCUT2D eigenvalue weighted by Crippen LogP contribution is 2.34. The number of primary amides is 1. The fraction of sp³-hybridized carbons (Fsp3) is 0.412. The zero-order valence-electron chi connectivity index (χ0n) is 13.2. The molecule has 1 aromatic carbocycles. The summed E-state index contributed by atoms with van der Waals surface area (Å²) in [6.07, 6.45) is 2.47. The van der Waals surface area contributed by atoms with Gasteiger partial charge in [-0.15, -0.1) is 11.3 Å². The van der Waals surface area contributed by atoms with Gasteiger partial charge in [0, 0.05) is 10.7 Å². The van der Waals surface area contributed by atoms with Crippen LogP contribution in [0.3, 0.4) is 0 Å². The lowest BCUT2D eigenvalue weighted by atomic mass is 10.0. The van der Waals surface area contributed by atoms with Crippen molar-refractivity contribution in [2.75, 3.05) is 7.11 Å². The number of nitrogens with one attached hydrogen (secondary N) is 1. The van der Waals surface area contributed by atoms with Crippen LogP contribution in [0.1, 0.15) is 34.5 Å². The van der Waals surface area contributed by atoms with E-state index in [1.165, 1.54) is 11.3 Å². The predicted molar refractivity (Wildman–Crippen MR) is 90.9 cm³/mol. The first kappa shape index (κ1) is 15.8. The number of benzene rings is 1. The number of ether oxygens (including phenoxy) is 1. The monoisotopic (exact) mass is 332 g/mol. The van der Waals surface area contributed by atoms with Crippen LogP contribution >= 0.6 is 11.3 Å². The number of fused-ring (bicyclic) bond motifs is 1. The summed E-state index contributed by atoms with van der Waals surface area (Å²) in [6.45, 7) is 1.94. The molecule has 1 heterocycles. The van der Waals surface area contributed by atoms with Gasteiger partial charge in [-0.05, 0) is 48.9 Å². The van der Waals surface area contributed by atoms with E-state index in [0.717, 1.165) is 40.7 Å². The lowest BCUT2D eigenvalue weighted by Crippen LogP contribution is -2.42. The van der Waals surface area contributed by atoms with E-state index in [2.05, 4.69) is 5.32 Å². The first-order valence-corrected chi connectivity index (χ1v) is 8.50. The lowest BCUT2D eigenvalue weighted by Gasteiger charge is -2.18. The van der Waals surface area contributed by atoms with Gasteiger partial charge in [-0.25, -0.2) is 0 Å². The fourth-order valence-electron chi connectivity index (χ4n) is 3.25. The van der Waals surface area contributed by atoms with E-state index >= 15 is 0 Å². The van der Waals surface area contributed by atoms with Crippen molar-refractivity contribution in [2.45, 2.75) is 32.2 Å². The minimum Gasteiger partial charge on any atom is -0.497 e. The first-order valence-electron chi connectivity index (χ1n) is 7.68. The minimum absolute atomic E-state index is 0.124. The van der Waals surface area contributed by atoms with Crippen molar-refractivity contribution >= 4 is 33.2 Å². The average Bonchev–Trinajstić information content (AvgIpc) is 3.12. The van der Waals surface area contributed by atoms with Gasteiger partial charge in [0.05, 0.1) is 17.9 Å². The molecule has 0 saturated heterocycles. The molecule has 0 aliphatic heterocycles. The number of thiophene rings is 1. The van der Waals surface area contributed by atoms with Crippen LogP contribution < -0.4 is 15.8 Å². The van der Waals surface area contributed by atoms with Crippen LogP contribution in [0.4, 0.5) is 0 Å². The summed E-state index contributed by atoms with van der Waals surface area (Å²) in [5.74, 6) is 0.0649. The maximum Gasteiger partial charge on any atom is 0.261 e. The van der Waals surface area contributed by atoms with Crippen LogP contribution in [0.2, 0.25) is 0 Å². The highest BCUT2D eigenvalue weighted by molar-refractivity contribution is 7.21. The van der Waals surface area contributed by atoms with Crippen LogP contribution in [-0.4, -0.2) is 25.0 Å². The molecule has 0 bridgehead atoms. The number of hydrogen-bond donors (Lipinski definition) is 2. The molecule has 0 radical (unpaired) electrons. The Morgan fingerprint density at radius 2 is 2.13 bits per heavy atom. The van der Waals surface area contributed by atoms with Crippen LogP contribution in [0.15, 0.2) is 18.2 Å². The number of carbonyl (C=O) groups is 2. The zero-order valence-corrected chi connectivity index (χ0v) is 14.0. The van der Waals surface area contributed by atoms with E-state index < -0.39 is 0 Å². The van der Waals surface area contributed by atoms with Crippen molar-refractivity contribution < 1.29 is 14.3 Å². The number of aryl methyl sites for hydroxylation is 1. The van der Waals surface area contributed by atoms with Crippen LogP contribution in [0, 0.1) is 12.8 Å². The Morgan fingerprint density at radius 1 is 1.35 bits per heavy atom. The lowest BCUT2D eigenvalue weighted by molar-refractivity contribution is -0.122. The maximum atomic E-state index is 12.6. The number of amides is 2. The van der Waals surface area contributed by atoms with E-state index in [1.54, 1.807) is 7.11 Å². The van der Waals surface area contributed by atoms with Crippen molar-refractivity contribution in [3.05, 3.63) is 28.6 Å². The Kier molecular flexibility index (Phi) is 4.26. The number of nitrogens with two attached hydrogens (primary N) is 1. The molecule has 1 saturated carbocycles. The van der Waals surface area contributed by atoms with E-state index in [9.17, 15) is 9.59 Å². The summed E-state index contributed by atoms with van der Waals surface area (Å²) in [5.41, 5.74) is 6.36. The Hall–Kier alpha value is -2.08. The van der Waals surface area contributed by atoms with Gasteiger partial charge < -0.3 is 15.8 Å². The molecule has 3 N–H and O–H groups in total. The van der Waals surface area contributed by atoms with Crippen LogP contribution in [0.25, 0.3) is 10.1 Å². The second kappa shape index (κ2) is 6.20. The zero-order chi connectivity index (χ0) is 16.6. The number of hydrogen-bond acceptors (Lipinski definition) is 4. The highest BCUT2D eigenvalue weighted by Gasteiger charge is 2.33. The molecule has 0 spiro atoms. The second-order valence-corrected chi connectivity index (χ2v) is 6.99. The van der Waals surface area contributed by atoms with Crippen molar-refractivity contribution in [3.63, 3.8) is 0 Å². The third-order valence-corrected chi connectivity index (χ3v) is 5.82. The molecule has 2 amide bonds. The fourth-order valence-corrected chi connectivity index (χ4v) is 4.34. The summed E-state index contributed by atoms with van der Waals surface area (Å²) >= 11 is 1.46. The van der Waals surface area contributed by atoms with E-state index in [-0.39, 0.29) is 23.8 Å². The molecule has 2 aromatic rings. The van der Waals surface area contributed by atoms with Crippen LogP contribution in [0.5, 0.6) is 5.75 Å². The van der Waals surface area contributed by atoms with Gasteiger partial charge in [0.15, 0.2) is 0 Å². The van der Waals surface area contributed by atoms with E-state index in [4.69, 9.17) is 10.5 Å². The number of methoxy groups -OCH3 is 1. The van der Waals surface area contributed by atoms with E-state index in [0.29, 0.717) is 4.88 Å². The Balaban J connectivity index is 1.86. The summed E-state index contributed by atoms with van der Waals surface area (Å²) in [7, 11) is 1.63. The number of rotatable bonds is 4. The molecule has 122 valence electrons. The highest BCUT2D eigenvalue weighted by atomic mass is 32.1. The summed E-state index contributed by atoms with van der Waals surface area (Å²) in [5, 5.41) is 4.02. The van der Waals surface area contributed by atoms with Crippen molar-refractivity contribution in [2.24, 2.45) is 11.7 Å². The minimum atomic E-state index is -0.328. The second-order valence-electron chi connectivity index (χ2n) is 5.94. The Morgan fingerprint density at radius 3 is 2.83 bits per heavy atom. The standard InChI is InChI=1S/C17H20N2O3S/c1-9-12-8-10(22-2)6-7-14(12)23-15(9)17(21)19-13-5-3-4-11(13)16(18)20/h6-8,11,13H,3-5H2,1-2H3,(H2,18,20)(H,19,21)/t11-,13+/m1/s1. The van der Waals surface area contributed by atoms with Gasteiger partial charge in [0.2, 0.25) is 5.91 Å². The van der Waals surface area contributed by atoms with Gasteiger partial charge in [0.25, 0.3) is 5.91 Å². The molecule has 0 unspecified atom stereocenters. The first-order chi connectivity index (χ1) is 11.0. The smallest absolute Gasteiger partial charge is 0.261 e. The molecule has 1 aliphatic rings. The maximum absolute atomic E-state index is 12.6. The summed E-state index contributed by atoms with van der Waals surface area (Å²) in [4.78, 5) is 24.8. The molecule has 23 heavy (non-hydrogen) atoms. The topological polar surface area (TPSA) is 81.4 Å². The van der Waals surface area contributed by atoms with Crippen molar-refractivity contribution in [3.8, 4) is 5.75 Å².